The average molecular weight is 267 g/mol. The molecule has 0 heterocycles. The molecule has 18 heavy (non-hydrogen) atoms. The topological polar surface area (TPSA) is 63.6 Å². The molecule has 0 unspecified atom stereocenters. The second-order valence-electron chi connectivity index (χ2n) is 3.34. The van der Waals surface area contributed by atoms with Gasteiger partial charge in [0.2, 0.25) is 0 Å². The summed E-state index contributed by atoms with van der Waals surface area (Å²) in [5, 5.41) is 9.19. The lowest BCUT2D eigenvalue weighted by Gasteiger charge is -2.02. The number of carbonyl (C=O) groups is 2. The van der Waals surface area contributed by atoms with Crippen molar-refractivity contribution in [3.63, 3.8) is 0 Å². The lowest BCUT2D eigenvalue weighted by Crippen LogP contribution is -2.03. The monoisotopic (exact) mass is 266 g/mol. The van der Waals surface area contributed by atoms with Gasteiger partial charge in [-0.3, -0.25) is 4.79 Å². The molecule has 1 rings (SSSR count). The summed E-state index contributed by atoms with van der Waals surface area (Å²) in [5.41, 5.74) is 0.918. The number of carboxylic acids is 1. The number of hydrogen-bond donors (Lipinski definition) is 1. The maximum Gasteiger partial charge on any atom is 0.384 e. The highest BCUT2D eigenvalue weighted by Crippen LogP contribution is 2.16. The molecule has 0 aliphatic carbocycles. The molecule has 0 radical (unpaired) electrons. The Morgan fingerprint density at radius 3 is 2.78 bits per heavy atom. The minimum absolute atomic E-state index is 0.201. The number of carbonyl (C=O) groups excluding carboxylic acids is 1. The highest BCUT2D eigenvalue weighted by Gasteiger charge is 2.06. The standard InChI is InChI=1S/C13H11ClO4/c1-2-18-13(17)6-4-9-3-5-11(14)7-10(9)8-12(15)16/h3,5,7H,2,8H2,1H3,(H,15,16). The fourth-order valence-electron chi connectivity index (χ4n) is 1.28. The van der Waals surface area contributed by atoms with Gasteiger partial charge in [-0.2, -0.15) is 0 Å². The zero-order valence-electron chi connectivity index (χ0n) is 9.70. The molecular weight excluding hydrogens is 256 g/mol. The lowest BCUT2D eigenvalue weighted by atomic mass is 10.1. The third-order valence-corrected chi connectivity index (χ3v) is 2.22. The molecule has 0 aliphatic rings. The Morgan fingerprint density at radius 2 is 2.17 bits per heavy atom. The van der Waals surface area contributed by atoms with Crippen LogP contribution in [0.5, 0.6) is 0 Å². The normalized spacial score (nSPS) is 9.22. The first-order valence-corrected chi connectivity index (χ1v) is 5.59. The summed E-state index contributed by atoms with van der Waals surface area (Å²) >= 11 is 5.78. The van der Waals surface area contributed by atoms with Crippen molar-refractivity contribution < 1.29 is 19.4 Å². The third-order valence-electron chi connectivity index (χ3n) is 1.98. The quantitative estimate of drug-likeness (QED) is 0.670. The number of rotatable bonds is 3. The zero-order chi connectivity index (χ0) is 13.5. The summed E-state index contributed by atoms with van der Waals surface area (Å²) in [6.45, 7) is 1.92. The van der Waals surface area contributed by atoms with Gasteiger partial charge in [0.05, 0.1) is 13.0 Å². The van der Waals surface area contributed by atoms with Crippen LogP contribution < -0.4 is 0 Å². The van der Waals surface area contributed by atoms with Crippen LogP contribution in [-0.4, -0.2) is 23.7 Å². The molecule has 1 aromatic rings. The summed E-state index contributed by atoms with van der Waals surface area (Å²) in [5.74, 6) is 3.24. The highest BCUT2D eigenvalue weighted by molar-refractivity contribution is 6.30. The molecule has 0 amide bonds. The molecule has 0 spiro atoms. The molecule has 0 bridgehead atoms. The molecular formula is C13H11ClO4. The van der Waals surface area contributed by atoms with Gasteiger partial charge in [0.15, 0.2) is 0 Å². The van der Waals surface area contributed by atoms with Crippen molar-refractivity contribution >= 4 is 23.5 Å². The van der Waals surface area contributed by atoms with E-state index in [-0.39, 0.29) is 13.0 Å². The van der Waals surface area contributed by atoms with E-state index >= 15 is 0 Å². The molecule has 5 heteroatoms. The Balaban J connectivity index is 3.00. The predicted octanol–water partition coefficient (Wildman–Crippen LogP) is 1.88. The van der Waals surface area contributed by atoms with E-state index in [1.807, 2.05) is 0 Å². The van der Waals surface area contributed by atoms with Crippen molar-refractivity contribution in [3.05, 3.63) is 34.3 Å². The summed E-state index contributed by atoms with van der Waals surface area (Å²) < 4.78 is 4.65. The maximum atomic E-state index is 11.1. The van der Waals surface area contributed by atoms with Gasteiger partial charge in [-0.15, -0.1) is 0 Å². The Kier molecular flexibility index (Phi) is 5.22. The van der Waals surface area contributed by atoms with E-state index in [0.717, 1.165) is 0 Å². The average Bonchev–Trinajstić information content (AvgIpc) is 2.27. The number of carboxylic acid groups (broad SMARTS) is 1. The van der Waals surface area contributed by atoms with Gasteiger partial charge in [0.1, 0.15) is 0 Å². The Morgan fingerprint density at radius 1 is 1.44 bits per heavy atom. The molecule has 1 aromatic carbocycles. The van der Waals surface area contributed by atoms with E-state index in [0.29, 0.717) is 16.1 Å². The van der Waals surface area contributed by atoms with Gasteiger partial charge in [0, 0.05) is 16.5 Å². The van der Waals surface area contributed by atoms with Crippen molar-refractivity contribution in [1.29, 1.82) is 0 Å². The van der Waals surface area contributed by atoms with Crippen LogP contribution >= 0.6 is 11.6 Å². The van der Waals surface area contributed by atoms with E-state index in [4.69, 9.17) is 16.7 Å². The molecule has 0 aliphatic heterocycles. The fourth-order valence-corrected chi connectivity index (χ4v) is 1.47. The largest absolute Gasteiger partial charge is 0.481 e. The van der Waals surface area contributed by atoms with Gasteiger partial charge in [0.25, 0.3) is 0 Å². The van der Waals surface area contributed by atoms with Gasteiger partial charge in [-0.1, -0.05) is 17.5 Å². The summed E-state index contributed by atoms with van der Waals surface area (Å²) in [7, 11) is 0. The van der Waals surface area contributed by atoms with E-state index in [9.17, 15) is 9.59 Å². The summed E-state index contributed by atoms with van der Waals surface area (Å²) in [4.78, 5) is 21.8. The minimum atomic E-state index is -0.989. The second-order valence-corrected chi connectivity index (χ2v) is 3.78. The Labute approximate surface area is 110 Å². The maximum absolute atomic E-state index is 11.1. The predicted molar refractivity (Wildman–Crippen MR) is 66.3 cm³/mol. The fraction of sp³-hybridized carbons (Fsp3) is 0.231. The molecule has 0 saturated carbocycles. The number of benzene rings is 1. The van der Waals surface area contributed by atoms with E-state index in [1.165, 1.54) is 6.07 Å². The SMILES string of the molecule is CCOC(=O)C#Cc1ccc(Cl)cc1CC(=O)O. The van der Waals surface area contributed by atoms with Gasteiger partial charge >= 0.3 is 11.9 Å². The van der Waals surface area contributed by atoms with E-state index in [1.54, 1.807) is 19.1 Å². The van der Waals surface area contributed by atoms with Crippen molar-refractivity contribution in [2.75, 3.05) is 6.61 Å². The van der Waals surface area contributed by atoms with Crippen LogP contribution in [0.3, 0.4) is 0 Å². The first kappa shape index (κ1) is 14.1. The minimum Gasteiger partial charge on any atom is -0.481 e. The molecule has 0 saturated heterocycles. The summed E-state index contributed by atoms with van der Waals surface area (Å²) in [6, 6.07) is 4.68. The van der Waals surface area contributed by atoms with Crippen LogP contribution in [0.4, 0.5) is 0 Å². The van der Waals surface area contributed by atoms with Crippen molar-refractivity contribution in [3.8, 4) is 11.8 Å². The van der Waals surface area contributed by atoms with Crippen LogP contribution in [-0.2, 0) is 20.7 Å². The number of halogens is 1. The van der Waals surface area contributed by atoms with Crippen LogP contribution in [0, 0.1) is 11.8 Å². The highest BCUT2D eigenvalue weighted by atomic mass is 35.5. The molecule has 0 fully saturated rings. The lowest BCUT2D eigenvalue weighted by molar-refractivity contribution is -0.137. The van der Waals surface area contributed by atoms with Crippen molar-refractivity contribution in [1.82, 2.24) is 0 Å². The zero-order valence-corrected chi connectivity index (χ0v) is 10.5. The van der Waals surface area contributed by atoms with Gasteiger partial charge in [-0.25, -0.2) is 4.79 Å². The van der Waals surface area contributed by atoms with Gasteiger partial charge in [-0.05, 0) is 30.7 Å². The number of ether oxygens (including phenoxy) is 1. The van der Waals surface area contributed by atoms with Crippen molar-refractivity contribution in [2.45, 2.75) is 13.3 Å². The van der Waals surface area contributed by atoms with Crippen LogP contribution in [0.15, 0.2) is 18.2 Å². The van der Waals surface area contributed by atoms with Crippen LogP contribution in [0.2, 0.25) is 5.02 Å². The van der Waals surface area contributed by atoms with Crippen LogP contribution in [0.1, 0.15) is 18.1 Å². The first-order chi connectivity index (χ1) is 8.52. The molecule has 1 N–H and O–H groups in total. The molecule has 0 atom stereocenters. The smallest absolute Gasteiger partial charge is 0.384 e. The third kappa shape index (κ3) is 4.48. The molecule has 94 valence electrons. The number of hydrogen-bond acceptors (Lipinski definition) is 3. The van der Waals surface area contributed by atoms with Crippen molar-refractivity contribution in [2.24, 2.45) is 0 Å². The molecule has 4 nitrogen and oxygen atoms in total. The first-order valence-electron chi connectivity index (χ1n) is 5.22. The van der Waals surface area contributed by atoms with E-state index < -0.39 is 11.9 Å². The van der Waals surface area contributed by atoms with E-state index in [2.05, 4.69) is 16.6 Å². The Bertz CT molecular complexity index is 526. The number of esters is 1. The van der Waals surface area contributed by atoms with Crippen LogP contribution in [0.25, 0.3) is 0 Å². The molecule has 0 aromatic heterocycles. The Hall–Kier alpha value is -1.99. The van der Waals surface area contributed by atoms with Gasteiger partial charge < -0.3 is 9.84 Å². The number of aliphatic carboxylic acids is 1. The summed E-state index contributed by atoms with van der Waals surface area (Å²) in [6.07, 6.45) is -0.201. The second kappa shape index (κ2) is 6.67.